The fourth-order valence-corrected chi connectivity index (χ4v) is 2.08. The summed E-state index contributed by atoms with van der Waals surface area (Å²) in [6.07, 6.45) is 0.562. The van der Waals surface area contributed by atoms with Gasteiger partial charge in [0.25, 0.3) is 5.91 Å². The molecule has 24 heavy (non-hydrogen) atoms. The number of carboxylic acid groups (broad SMARTS) is 1. The van der Waals surface area contributed by atoms with Gasteiger partial charge >= 0.3 is 5.97 Å². The van der Waals surface area contributed by atoms with Crippen molar-refractivity contribution in [2.45, 2.75) is 32.4 Å². The minimum Gasteiger partial charge on any atom is -0.480 e. The second-order valence-corrected chi connectivity index (χ2v) is 5.83. The number of carbonyl (C=O) groups is 3. The van der Waals surface area contributed by atoms with Crippen LogP contribution >= 0.6 is 11.6 Å². The van der Waals surface area contributed by atoms with Gasteiger partial charge in [0.2, 0.25) is 5.91 Å². The van der Waals surface area contributed by atoms with E-state index in [4.69, 9.17) is 16.7 Å². The van der Waals surface area contributed by atoms with Gasteiger partial charge in [-0.2, -0.15) is 0 Å². The van der Waals surface area contributed by atoms with Gasteiger partial charge in [-0.1, -0.05) is 31.9 Å². The standard InChI is InChI=1S/C16H20ClFN2O4/c1-3-9(2)13(15(22)19-12(8-18)16(23)24)20-14(21)10-4-6-11(17)7-5-10/h4-7,9,12-13H,3,8H2,1-2H3,(H,19,22)(H,20,21)(H,23,24). The third kappa shape index (κ3) is 5.49. The first-order chi connectivity index (χ1) is 11.3. The summed E-state index contributed by atoms with van der Waals surface area (Å²) < 4.78 is 12.7. The Morgan fingerprint density at radius 1 is 1.21 bits per heavy atom. The van der Waals surface area contributed by atoms with Crippen LogP contribution in [0.4, 0.5) is 4.39 Å². The quantitative estimate of drug-likeness (QED) is 0.662. The van der Waals surface area contributed by atoms with Gasteiger partial charge in [0.1, 0.15) is 12.7 Å². The summed E-state index contributed by atoms with van der Waals surface area (Å²) >= 11 is 5.76. The van der Waals surface area contributed by atoms with E-state index >= 15 is 0 Å². The van der Waals surface area contributed by atoms with Crippen molar-refractivity contribution >= 4 is 29.4 Å². The molecule has 132 valence electrons. The molecule has 0 fully saturated rings. The number of rotatable bonds is 8. The average molecular weight is 359 g/mol. The average Bonchev–Trinajstić information content (AvgIpc) is 2.56. The molecule has 0 radical (unpaired) electrons. The highest BCUT2D eigenvalue weighted by atomic mass is 35.5. The Kier molecular flexibility index (Phi) is 7.64. The van der Waals surface area contributed by atoms with E-state index in [0.29, 0.717) is 17.0 Å². The fourth-order valence-electron chi connectivity index (χ4n) is 1.96. The number of carboxylic acids is 1. The van der Waals surface area contributed by atoms with Gasteiger partial charge in [0.05, 0.1) is 0 Å². The zero-order valence-corrected chi connectivity index (χ0v) is 14.1. The van der Waals surface area contributed by atoms with Crippen molar-refractivity contribution < 1.29 is 23.9 Å². The van der Waals surface area contributed by atoms with Crippen molar-refractivity contribution in [1.29, 1.82) is 0 Å². The molecule has 8 heteroatoms. The molecule has 3 N–H and O–H groups in total. The Balaban J connectivity index is 2.88. The highest BCUT2D eigenvalue weighted by Gasteiger charge is 2.30. The maximum atomic E-state index is 12.7. The van der Waals surface area contributed by atoms with Crippen LogP contribution in [-0.4, -0.2) is 41.6 Å². The van der Waals surface area contributed by atoms with Crippen molar-refractivity contribution in [3.63, 3.8) is 0 Å². The lowest BCUT2D eigenvalue weighted by Crippen LogP contribution is -2.54. The van der Waals surface area contributed by atoms with E-state index in [2.05, 4.69) is 10.6 Å². The van der Waals surface area contributed by atoms with E-state index in [9.17, 15) is 18.8 Å². The molecule has 1 aromatic carbocycles. The van der Waals surface area contributed by atoms with Gasteiger partial charge in [-0.25, -0.2) is 9.18 Å². The Labute approximate surface area is 144 Å². The molecule has 2 amide bonds. The number of nitrogens with one attached hydrogen (secondary N) is 2. The summed E-state index contributed by atoms with van der Waals surface area (Å²) in [6, 6.07) is 3.47. The van der Waals surface area contributed by atoms with Crippen molar-refractivity contribution in [1.82, 2.24) is 10.6 Å². The minimum atomic E-state index is -1.64. The first-order valence-electron chi connectivity index (χ1n) is 7.45. The highest BCUT2D eigenvalue weighted by molar-refractivity contribution is 6.30. The maximum absolute atomic E-state index is 12.7. The molecule has 0 aliphatic heterocycles. The van der Waals surface area contributed by atoms with Crippen LogP contribution in [0.3, 0.4) is 0 Å². The van der Waals surface area contributed by atoms with E-state index in [1.165, 1.54) is 12.1 Å². The van der Waals surface area contributed by atoms with E-state index in [1.807, 2.05) is 6.92 Å². The lowest BCUT2D eigenvalue weighted by molar-refractivity contribution is -0.142. The number of amides is 2. The summed E-state index contributed by atoms with van der Waals surface area (Å²) in [6.45, 7) is 2.32. The Morgan fingerprint density at radius 3 is 2.25 bits per heavy atom. The second kappa shape index (κ2) is 9.22. The topological polar surface area (TPSA) is 95.5 Å². The fraction of sp³-hybridized carbons (Fsp3) is 0.438. The predicted octanol–water partition coefficient (Wildman–Crippen LogP) is 2.02. The molecule has 1 rings (SSSR count). The first kappa shape index (κ1) is 19.9. The van der Waals surface area contributed by atoms with Crippen LogP contribution in [0.25, 0.3) is 0 Å². The third-order valence-corrected chi connectivity index (χ3v) is 3.91. The van der Waals surface area contributed by atoms with E-state index < -0.39 is 36.5 Å². The van der Waals surface area contributed by atoms with Crippen LogP contribution in [0, 0.1) is 5.92 Å². The van der Waals surface area contributed by atoms with Gasteiger partial charge in [0.15, 0.2) is 6.04 Å². The summed E-state index contributed by atoms with van der Waals surface area (Å²) in [7, 11) is 0. The van der Waals surface area contributed by atoms with Crippen molar-refractivity contribution in [2.24, 2.45) is 5.92 Å². The zero-order chi connectivity index (χ0) is 18.3. The van der Waals surface area contributed by atoms with Crippen LogP contribution in [0.15, 0.2) is 24.3 Å². The van der Waals surface area contributed by atoms with E-state index in [0.717, 1.165) is 0 Å². The van der Waals surface area contributed by atoms with Crippen molar-refractivity contribution in [3.8, 4) is 0 Å². The first-order valence-corrected chi connectivity index (χ1v) is 7.83. The molecule has 0 heterocycles. The molecule has 0 saturated carbocycles. The molecule has 3 unspecified atom stereocenters. The van der Waals surface area contributed by atoms with Crippen LogP contribution in [0.2, 0.25) is 5.02 Å². The number of halogens is 2. The molecule has 0 spiro atoms. The van der Waals surface area contributed by atoms with Crippen molar-refractivity contribution in [2.75, 3.05) is 6.67 Å². The molecule has 0 aliphatic rings. The number of hydrogen-bond donors (Lipinski definition) is 3. The van der Waals surface area contributed by atoms with Crippen molar-refractivity contribution in [3.05, 3.63) is 34.9 Å². The summed E-state index contributed by atoms with van der Waals surface area (Å²) in [4.78, 5) is 35.4. The molecular formula is C16H20ClFN2O4. The maximum Gasteiger partial charge on any atom is 0.328 e. The molecule has 0 bridgehead atoms. The molecular weight excluding hydrogens is 339 g/mol. The highest BCUT2D eigenvalue weighted by Crippen LogP contribution is 2.12. The summed E-state index contributed by atoms with van der Waals surface area (Å²) in [5, 5.41) is 14.0. The lowest BCUT2D eigenvalue weighted by atomic mass is 9.97. The van der Waals surface area contributed by atoms with Gasteiger partial charge < -0.3 is 15.7 Å². The normalized spacial score (nSPS) is 14.3. The number of alkyl halides is 1. The molecule has 6 nitrogen and oxygen atoms in total. The summed E-state index contributed by atoms with van der Waals surface area (Å²) in [5.74, 6) is -2.98. The van der Waals surface area contributed by atoms with E-state index in [1.54, 1.807) is 19.1 Å². The molecule has 0 saturated heterocycles. The predicted molar refractivity (Wildman–Crippen MR) is 87.7 cm³/mol. The monoisotopic (exact) mass is 358 g/mol. The second-order valence-electron chi connectivity index (χ2n) is 5.40. The van der Waals surface area contributed by atoms with Gasteiger partial charge in [-0.05, 0) is 30.2 Å². The van der Waals surface area contributed by atoms with Gasteiger partial charge in [0, 0.05) is 10.6 Å². The van der Waals surface area contributed by atoms with Crippen LogP contribution < -0.4 is 10.6 Å². The Bertz CT molecular complexity index is 594. The summed E-state index contributed by atoms with van der Waals surface area (Å²) in [5.41, 5.74) is 0.306. The van der Waals surface area contributed by atoms with Gasteiger partial charge in [-0.3, -0.25) is 9.59 Å². The smallest absolute Gasteiger partial charge is 0.328 e. The minimum absolute atomic E-state index is 0.268. The SMILES string of the molecule is CCC(C)C(NC(=O)c1ccc(Cl)cc1)C(=O)NC(CF)C(=O)O. The van der Waals surface area contributed by atoms with Crippen LogP contribution in [0.1, 0.15) is 30.6 Å². The Hall–Kier alpha value is -2.15. The Morgan fingerprint density at radius 2 is 1.79 bits per heavy atom. The molecule has 0 aliphatic carbocycles. The number of carbonyl (C=O) groups excluding carboxylic acids is 2. The van der Waals surface area contributed by atoms with E-state index in [-0.39, 0.29) is 5.92 Å². The zero-order valence-electron chi connectivity index (χ0n) is 13.4. The molecule has 3 atom stereocenters. The number of hydrogen-bond acceptors (Lipinski definition) is 3. The lowest BCUT2D eigenvalue weighted by Gasteiger charge is -2.24. The largest absolute Gasteiger partial charge is 0.480 e. The van der Waals surface area contributed by atoms with Crippen LogP contribution in [-0.2, 0) is 9.59 Å². The molecule has 0 aromatic heterocycles. The van der Waals surface area contributed by atoms with Crippen LogP contribution in [0.5, 0.6) is 0 Å². The number of aliphatic carboxylic acids is 1. The van der Waals surface area contributed by atoms with Gasteiger partial charge in [-0.15, -0.1) is 0 Å². The molecule has 1 aromatic rings. The number of benzene rings is 1. The third-order valence-electron chi connectivity index (χ3n) is 3.66.